The lowest BCUT2D eigenvalue weighted by Gasteiger charge is -2.26. The first-order chi connectivity index (χ1) is 18.9. The number of ether oxygens (including phenoxy) is 2. The minimum Gasteiger partial charge on any atom is -0.379 e. The van der Waals surface area contributed by atoms with E-state index in [1.807, 2.05) is 16.9 Å². The van der Waals surface area contributed by atoms with E-state index in [9.17, 15) is 0 Å². The molecule has 9 nitrogen and oxygen atoms in total. The molecule has 0 aliphatic carbocycles. The fourth-order valence-electron chi connectivity index (χ4n) is 4.46. The molecule has 0 aromatic carbocycles. The van der Waals surface area contributed by atoms with Crippen molar-refractivity contribution in [3.8, 4) is 11.4 Å². The summed E-state index contributed by atoms with van der Waals surface area (Å²) < 4.78 is 13.4. The van der Waals surface area contributed by atoms with Gasteiger partial charge in [0.1, 0.15) is 12.4 Å². The first-order valence-electron chi connectivity index (χ1n) is 13.8. The first-order valence-corrected chi connectivity index (χ1v) is 18.4. The van der Waals surface area contributed by atoms with Crippen molar-refractivity contribution in [2.24, 2.45) is 0 Å². The van der Waals surface area contributed by atoms with Gasteiger partial charge in [-0.3, -0.25) is 9.88 Å². The van der Waals surface area contributed by atoms with Crippen molar-refractivity contribution in [3.05, 3.63) is 52.5 Å². The van der Waals surface area contributed by atoms with Crippen molar-refractivity contribution in [1.82, 2.24) is 29.6 Å². The van der Waals surface area contributed by atoms with Gasteiger partial charge in [-0.2, -0.15) is 21.4 Å². The van der Waals surface area contributed by atoms with Crippen LogP contribution in [0.3, 0.4) is 0 Å². The van der Waals surface area contributed by atoms with Crippen LogP contribution in [0.5, 0.6) is 0 Å². The molecule has 0 atom stereocenters. The molecule has 0 spiro atoms. The summed E-state index contributed by atoms with van der Waals surface area (Å²) in [6, 6.07) is 9.44. The molecular weight excluding hydrogens is 527 g/mol. The zero-order valence-electron chi connectivity index (χ0n) is 23.2. The minimum atomic E-state index is -1.18. The van der Waals surface area contributed by atoms with E-state index < -0.39 is 8.07 Å². The number of hydrogen-bond acceptors (Lipinski definition) is 9. The van der Waals surface area contributed by atoms with Crippen LogP contribution in [0, 0.1) is 0 Å². The molecule has 0 saturated carbocycles. The van der Waals surface area contributed by atoms with Gasteiger partial charge in [0.05, 0.1) is 24.3 Å². The predicted molar refractivity (Wildman–Crippen MR) is 160 cm³/mol. The van der Waals surface area contributed by atoms with Gasteiger partial charge < -0.3 is 14.8 Å². The van der Waals surface area contributed by atoms with E-state index in [-0.39, 0.29) is 0 Å². The van der Waals surface area contributed by atoms with Crippen LogP contribution in [-0.4, -0.2) is 83.7 Å². The SMILES string of the molecule is C[Si](C)(C)CCOCn1nc(-c2cccc(CCc3ccsc3)n2)c2cnc(NCCN3CCOCC3)nc21. The average molecular weight is 566 g/mol. The maximum absolute atomic E-state index is 6.07. The van der Waals surface area contributed by atoms with E-state index in [2.05, 4.69) is 63.8 Å². The van der Waals surface area contributed by atoms with Crippen molar-refractivity contribution in [1.29, 1.82) is 0 Å². The van der Waals surface area contributed by atoms with Gasteiger partial charge in [-0.05, 0) is 53.4 Å². The number of hydrogen-bond donors (Lipinski definition) is 1. The van der Waals surface area contributed by atoms with Crippen LogP contribution < -0.4 is 5.32 Å². The van der Waals surface area contributed by atoms with Crippen LogP contribution in [0.1, 0.15) is 11.3 Å². The average Bonchev–Trinajstić information content (AvgIpc) is 3.58. The highest BCUT2D eigenvalue weighted by Crippen LogP contribution is 2.27. The van der Waals surface area contributed by atoms with Crippen LogP contribution in [0.25, 0.3) is 22.4 Å². The highest BCUT2D eigenvalue weighted by Gasteiger charge is 2.18. The van der Waals surface area contributed by atoms with Gasteiger partial charge in [0, 0.05) is 52.8 Å². The highest BCUT2D eigenvalue weighted by molar-refractivity contribution is 7.07. The number of pyridine rings is 1. The molecule has 1 N–H and O–H groups in total. The lowest BCUT2D eigenvalue weighted by molar-refractivity contribution is 0.0398. The number of fused-ring (bicyclic) bond motifs is 1. The van der Waals surface area contributed by atoms with E-state index in [4.69, 9.17) is 24.5 Å². The molecule has 4 aromatic heterocycles. The van der Waals surface area contributed by atoms with Crippen molar-refractivity contribution in [3.63, 3.8) is 0 Å². The molecule has 0 amide bonds. The van der Waals surface area contributed by atoms with Crippen LogP contribution in [0.2, 0.25) is 25.7 Å². The van der Waals surface area contributed by atoms with E-state index in [1.54, 1.807) is 11.3 Å². The van der Waals surface area contributed by atoms with E-state index in [1.165, 1.54) is 5.56 Å². The molecule has 5 heterocycles. The molecule has 0 unspecified atom stereocenters. The smallest absolute Gasteiger partial charge is 0.224 e. The zero-order chi connectivity index (χ0) is 27.1. The number of thiophene rings is 1. The Balaban J connectivity index is 1.34. The van der Waals surface area contributed by atoms with Crippen molar-refractivity contribution in [2.75, 3.05) is 51.3 Å². The molecular formula is C28H39N7O2SSi. The van der Waals surface area contributed by atoms with E-state index in [0.717, 1.165) is 93.0 Å². The largest absolute Gasteiger partial charge is 0.379 e. The second kappa shape index (κ2) is 13.1. The standard InChI is InChI=1S/C28H39N7O2SSi/c1-39(2,3)18-16-37-21-35-27-24(19-30-28(32-27)29-10-11-34-12-14-36-15-13-34)26(33-35)25-6-4-5-23(31-25)8-7-22-9-17-38-20-22/h4-6,9,17,19-20H,7-8,10-16,18,21H2,1-3H3,(H,29,30,32). The quantitative estimate of drug-likeness (QED) is 0.183. The van der Waals surface area contributed by atoms with Crippen molar-refractivity contribution < 1.29 is 9.47 Å². The summed E-state index contributed by atoms with van der Waals surface area (Å²) in [6.07, 6.45) is 3.72. The van der Waals surface area contributed by atoms with Crippen molar-refractivity contribution in [2.45, 2.75) is 45.3 Å². The van der Waals surface area contributed by atoms with Gasteiger partial charge in [-0.1, -0.05) is 25.7 Å². The summed E-state index contributed by atoms with van der Waals surface area (Å²) in [5.74, 6) is 0.600. The number of aromatic nitrogens is 5. The molecule has 1 fully saturated rings. The maximum atomic E-state index is 6.07. The minimum absolute atomic E-state index is 0.350. The van der Waals surface area contributed by atoms with Crippen LogP contribution in [-0.2, 0) is 29.0 Å². The van der Waals surface area contributed by atoms with Gasteiger partial charge in [0.15, 0.2) is 5.65 Å². The second-order valence-electron chi connectivity index (χ2n) is 11.2. The number of anilines is 1. The third-order valence-corrected chi connectivity index (χ3v) is 9.25. The van der Waals surface area contributed by atoms with E-state index in [0.29, 0.717) is 12.7 Å². The molecule has 1 saturated heterocycles. The maximum Gasteiger partial charge on any atom is 0.224 e. The Morgan fingerprint density at radius 2 is 1.97 bits per heavy atom. The Morgan fingerprint density at radius 3 is 2.77 bits per heavy atom. The fraction of sp³-hybridized carbons (Fsp3) is 0.500. The van der Waals surface area contributed by atoms with Crippen LogP contribution in [0.4, 0.5) is 5.95 Å². The van der Waals surface area contributed by atoms with Gasteiger partial charge in [0.25, 0.3) is 0 Å². The molecule has 1 aliphatic rings. The van der Waals surface area contributed by atoms with E-state index >= 15 is 0 Å². The molecule has 208 valence electrons. The fourth-order valence-corrected chi connectivity index (χ4v) is 5.92. The van der Waals surface area contributed by atoms with Crippen molar-refractivity contribution >= 4 is 36.4 Å². The highest BCUT2D eigenvalue weighted by atomic mass is 32.1. The van der Waals surface area contributed by atoms with Gasteiger partial charge in [0.2, 0.25) is 5.95 Å². The predicted octanol–water partition coefficient (Wildman–Crippen LogP) is 4.79. The Morgan fingerprint density at radius 1 is 1.10 bits per heavy atom. The molecule has 39 heavy (non-hydrogen) atoms. The lowest BCUT2D eigenvalue weighted by atomic mass is 10.1. The number of nitrogens with one attached hydrogen (secondary N) is 1. The molecule has 0 radical (unpaired) electrons. The Hall–Kier alpha value is -2.70. The first kappa shape index (κ1) is 27.8. The number of morpholine rings is 1. The Kier molecular flexibility index (Phi) is 9.35. The molecule has 11 heteroatoms. The molecule has 4 aromatic rings. The number of rotatable bonds is 13. The van der Waals surface area contributed by atoms with Gasteiger partial charge in [-0.25, -0.2) is 9.67 Å². The summed E-state index contributed by atoms with van der Waals surface area (Å²) in [7, 11) is -1.18. The Bertz CT molecular complexity index is 1330. The summed E-state index contributed by atoms with van der Waals surface area (Å²) in [4.78, 5) is 16.8. The molecule has 0 bridgehead atoms. The topological polar surface area (TPSA) is 90.2 Å². The summed E-state index contributed by atoms with van der Waals surface area (Å²) in [5, 5.41) is 13.5. The summed E-state index contributed by atoms with van der Waals surface area (Å²) in [5.41, 5.74) is 4.78. The zero-order valence-corrected chi connectivity index (χ0v) is 25.0. The van der Waals surface area contributed by atoms with Crippen LogP contribution in [0.15, 0.2) is 41.2 Å². The third kappa shape index (κ3) is 7.92. The number of aryl methyl sites for hydroxylation is 2. The third-order valence-electron chi connectivity index (χ3n) is 6.81. The second-order valence-corrected chi connectivity index (χ2v) is 17.6. The monoisotopic (exact) mass is 565 g/mol. The number of nitrogens with zero attached hydrogens (tertiary/aromatic N) is 6. The molecule has 5 rings (SSSR count). The van der Waals surface area contributed by atoms with Crippen LogP contribution >= 0.6 is 11.3 Å². The Labute approximate surface area is 235 Å². The summed E-state index contributed by atoms with van der Waals surface area (Å²) in [6.45, 7) is 13.4. The molecule has 1 aliphatic heterocycles. The summed E-state index contributed by atoms with van der Waals surface area (Å²) >= 11 is 1.73. The van der Waals surface area contributed by atoms with Gasteiger partial charge >= 0.3 is 0 Å². The lowest BCUT2D eigenvalue weighted by Crippen LogP contribution is -2.39. The normalized spacial score (nSPS) is 14.7. The van der Waals surface area contributed by atoms with Gasteiger partial charge in [-0.15, -0.1) is 0 Å².